The average molecular weight is 385 g/mol. The number of carbonyl (C=O) groups excluding carboxylic acids is 1. The maximum atomic E-state index is 12.4. The lowest BCUT2D eigenvalue weighted by Gasteiger charge is -2.11. The number of ether oxygens (including phenoxy) is 1. The summed E-state index contributed by atoms with van der Waals surface area (Å²) in [6.07, 6.45) is 0. The molecule has 0 saturated carbocycles. The van der Waals surface area contributed by atoms with Gasteiger partial charge in [-0.05, 0) is 55.3 Å². The van der Waals surface area contributed by atoms with Crippen molar-refractivity contribution in [1.29, 1.82) is 0 Å². The highest BCUT2D eigenvalue weighted by Gasteiger charge is 2.19. The molecule has 27 heavy (non-hydrogen) atoms. The van der Waals surface area contributed by atoms with Gasteiger partial charge >= 0.3 is 0 Å². The second-order valence-electron chi connectivity index (χ2n) is 6.15. The van der Waals surface area contributed by atoms with Gasteiger partial charge in [0.25, 0.3) is 5.91 Å². The van der Waals surface area contributed by atoms with Gasteiger partial charge in [0.1, 0.15) is 0 Å². The fourth-order valence-corrected chi connectivity index (χ4v) is 2.80. The number of hydrogen-bond acceptors (Lipinski definition) is 4. The Kier molecular flexibility index (Phi) is 5.88. The third kappa shape index (κ3) is 4.18. The second-order valence-corrected chi connectivity index (χ2v) is 6.58. The molecule has 7 heteroatoms. The Labute approximate surface area is 163 Å². The van der Waals surface area contributed by atoms with E-state index in [0.717, 1.165) is 22.4 Å². The summed E-state index contributed by atoms with van der Waals surface area (Å²) in [4.78, 5) is 16.9. The second kappa shape index (κ2) is 8.33. The third-order valence-corrected chi connectivity index (χ3v) is 4.56. The third-order valence-electron chi connectivity index (χ3n) is 4.31. The maximum Gasteiger partial charge on any atom is 0.291 e. The fourth-order valence-electron chi connectivity index (χ4n) is 2.67. The van der Waals surface area contributed by atoms with Gasteiger partial charge in [-0.3, -0.25) is 4.79 Å². The molecular formula is C20H21ClN4O2. The number of nitrogens with zero attached hydrogens (tertiary/aromatic N) is 3. The number of methoxy groups -OCH3 is 1. The van der Waals surface area contributed by atoms with Crippen molar-refractivity contribution in [3.63, 3.8) is 0 Å². The first-order valence-electron chi connectivity index (χ1n) is 8.58. The van der Waals surface area contributed by atoms with Crippen LogP contribution in [0.25, 0.3) is 17.1 Å². The highest BCUT2D eigenvalue weighted by atomic mass is 35.5. The molecule has 0 aliphatic carbocycles. The lowest BCUT2D eigenvalue weighted by Crippen LogP contribution is -2.28. The lowest BCUT2D eigenvalue weighted by molar-refractivity contribution is 0.0927. The minimum atomic E-state index is -0.341. The van der Waals surface area contributed by atoms with E-state index in [1.54, 1.807) is 23.9 Å². The van der Waals surface area contributed by atoms with Crippen LogP contribution in [0.15, 0.2) is 42.5 Å². The maximum absolute atomic E-state index is 12.4. The van der Waals surface area contributed by atoms with E-state index in [1.165, 1.54) is 0 Å². The van der Waals surface area contributed by atoms with Crippen LogP contribution in [0.4, 0.5) is 0 Å². The Morgan fingerprint density at radius 2 is 1.93 bits per heavy atom. The number of hydrogen-bond donors (Lipinski definition) is 1. The summed E-state index contributed by atoms with van der Waals surface area (Å²) in [7, 11) is 1.58. The molecule has 3 rings (SSSR count). The van der Waals surface area contributed by atoms with Gasteiger partial charge in [0.05, 0.1) is 12.3 Å². The van der Waals surface area contributed by atoms with Gasteiger partial charge in [0.15, 0.2) is 5.82 Å². The number of rotatable bonds is 6. The number of benzene rings is 2. The number of aryl methyl sites for hydroxylation is 1. The summed E-state index contributed by atoms with van der Waals surface area (Å²) in [5, 5.41) is 7.87. The molecule has 0 unspecified atom stereocenters. The van der Waals surface area contributed by atoms with Crippen LogP contribution in [-0.2, 0) is 4.74 Å². The number of halogens is 1. The molecule has 0 aliphatic rings. The van der Waals surface area contributed by atoms with Crippen LogP contribution in [0, 0.1) is 13.8 Å². The van der Waals surface area contributed by atoms with Crippen LogP contribution in [0.2, 0.25) is 5.02 Å². The molecule has 0 bridgehead atoms. The molecule has 1 amide bonds. The van der Waals surface area contributed by atoms with Crippen molar-refractivity contribution in [1.82, 2.24) is 20.1 Å². The molecule has 0 atom stereocenters. The highest BCUT2D eigenvalue weighted by molar-refractivity contribution is 6.30. The van der Waals surface area contributed by atoms with Crippen molar-refractivity contribution >= 4 is 17.5 Å². The van der Waals surface area contributed by atoms with Crippen molar-refractivity contribution < 1.29 is 9.53 Å². The molecule has 1 heterocycles. The molecular weight excluding hydrogens is 364 g/mol. The zero-order chi connectivity index (χ0) is 19.4. The number of nitrogens with one attached hydrogen (secondary N) is 1. The van der Waals surface area contributed by atoms with E-state index in [9.17, 15) is 4.79 Å². The highest BCUT2D eigenvalue weighted by Crippen LogP contribution is 2.25. The van der Waals surface area contributed by atoms with Gasteiger partial charge in [0, 0.05) is 24.2 Å². The first kappa shape index (κ1) is 19.1. The number of aromatic nitrogens is 3. The Hall–Kier alpha value is -2.70. The van der Waals surface area contributed by atoms with Gasteiger partial charge in [-0.2, -0.15) is 0 Å². The molecule has 0 saturated heterocycles. The summed E-state index contributed by atoms with van der Waals surface area (Å²) >= 11 is 6.01. The smallest absolute Gasteiger partial charge is 0.291 e. The van der Waals surface area contributed by atoms with E-state index in [-0.39, 0.29) is 11.7 Å². The summed E-state index contributed by atoms with van der Waals surface area (Å²) in [5.41, 5.74) is 3.91. The largest absolute Gasteiger partial charge is 0.383 e. The first-order chi connectivity index (χ1) is 13.0. The molecule has 6 nitrogen and oxygen atoms in total. The summed E-state index contributed by atoms with van der Waals surface area (Å²) < 4.78 is 6.67. The van der Waals surface area contributed by atoms with Crippen LogP contribution < -0.4 is 5.32 Å². The van der Waals surface area contributed by atoms with Crippen LogP contribution >= 0.6 is 11.6 Å². The van der Waals surface area contributed by atoms with Crippen LogP contribution in [0.5, 0.6) is 0 Å². The minimum Gasteiger partial charge on any atom is -0.383 e. The quantitative estimate of drug-likeness (QED) is 0.659. The molecule has 0 aliphatic heterocycles. The Balaban J connectivity index is 2.08. The molecule has 1 aromatic heterocycles. The molecule has 2 aromatic carbocycles. The number of amides is 1. The molecule has 0 radical (unpaired) electrons. The standard InChI is InChI=1S/C20H21ClN4O2/c1-13-5-4-6-17(14(13)2)25-19(15-7-9-16(21)10-8-15)23-18(24-25)20(26)22-11-12-27-3/h4-10H,11-12H2,1-3H3,(H,22,26). The van der Waals surface area contributed by atoms with E-state index in [2.05, 4.69) is 15.4 Å². The summed E-state index contributed by atoms with van der Waals surface area (Å²) in [6.45, 7) is 4.88. The molecule has 1 N–H and O–H groups in total. The normalized spacial score (nSPS) is 10.8. The van der Waals surface area contributed by atoms with Crippen molar-refractivity contribution in [3.05, 3.63) is 64.4 Å². The predicted octanol–water partition coefficient (Wildman–Crippen LogP) is 3.58. The topological polar surface area (TPSA) is 69.0 Å². The van der Waals surface area contributed by atoms with Crippen LogP contribution in [-0.4, -0.2) is 40.9 Å². The van der Waals surface area contributed by atoms with E-state index < -0.39 is 0 Å². The molecule has 3 aromatic rings. The number of carbonyl (C=O) groups is 1. The Morgan fingerprint density at radius 1 is 1.19 bits per heavy atom. The van der Waals surface area contributed by atoms with E-state index in [4.69, 9.17) is 16.3 Å². The van der Waals surface area contributed by atoms with Crippen molar-refractivity contribution in [2.45, 2.75) is 13.8 Å². The first-order valence-corrected chi connectivity index (χ1v) is 8.95. The van der Waals surface area contributed by atoms with Crippen molar-refractivity contribution in [2.24, 2.45) is 0 Å². The van der Waals surface area contributed by atoms with Gasteiger partial charge in [-0.15, -0.1) is 5.10 Å². The predicted molar refractivity (Wildman–Crippen MR) is 105 cm³/mol. The Bertz CT molecular complexity index is 951. The minimum absolute atomic E-state index is 0.108. The SMILES string of the molecule is COCCNC(=O)c1nc(-c2ccc(Cl)cc2)n(-c2cccc(C)c2C)n1. The monoisotopic (exact) mass is 384 g/mol. The van der Waals surface area contributed by atoms with Crippen LogP contribution in [0.1, 0.15) is 21.7 Å². The molecule has 0 spiro atoms. The summed E-state index contributed by atoms with van der Waals surface area (Å²) in [6, 6.07) is 13.3. The van der Waals surface area contributed by atoms with Gasteiger partial charge < -0.3 is 10.1 Å². The molecule has 140 valence electrons. The summed E-state index contributed by atoms with van der Waals surface area (Å²) in [5.74, 6) is 0.348. The van der Waals surface area contributed by atoms with Crippen LogP contribution in [0.3, 0.4) is 0 Å². The van der Waals surface area contributed by atoms with Gasteiger partial charge in [-0.1, -0.05) is 23.7 Å². The van der Waals surface area contributed by atoms with E-state index >= 15 is 0 Å². The van der Waals surface area contributed by atoms with E-state index in [1.807, 2.05) is 44.2 Å². The Morgan fingerprint density at radius 3 is 2.63 bits per heavy atom. The zero-order valence-corrected chi connectivity index (χ0v) is 16.2. The molecule has 0 fully saturated rings. The fraction of sp³-hybridized carbons (Fsp3) is 0.250. The zero-order valence-electron chi connectivity index (χ0n) is 15.5. The van der Waals surface area contributed by atoms with Gasteiger partial charge in [-0.25, -0.2) is 9.67 Å². The average Bonchev–Trinajstić information content (AvgIpc) is 3.10. The van der Waals surface area contributed by atoms with Gasteiger partial charge in [0.2, 0.25) is 5.82 Å². The van der Waals surface area contributed by atoms with E-state index in [0.29, 0.717) is 24.0 Å². The van der Waals surface area contributed by atoms with Crippen molar-refractivity contribution in [2.75, 3.05) is 20.3 Å². The van der Waals surface area contributed by atoms with Crippen molar-refractivity contribution in [3.8, 4) is 17.1 Å². The lowest BCUT2D eigenvalue weighted by atomic mass is 10.1.